The number of hydrogen-bond donors (Lipinski definition) is 0. The Hall–Kier alpha value is 0.810. The van der Waals surface area contributed by atoms with Crippen molar-refractivity contribution in [1.29, 1.82) is 0 Å². The van der Waals surface area contributed by atoms with E-state index in [0.29, 0.717) is 6.61 Å². The van der Waals surface area contributed by atoms with Crippen molar-refractivity contribution in [3.8, 4) is 0 Å². The summed E-state index contributed by atoms with van der Waals surface area (Å²) < 4.78 is 29.2. The Morgan fingerprint density at radius 2 is 1.64 bits per heavy atom. The molecule has 22 heavy (non-hydrogen) atoms. The van der Waals surface area contributed by atoms with Gasteiger partial charge in [-0.3, -0.25) is 13.6 Å². The maximum Gasteiger partial charge on any atom is 0.475 e. The summed E-state index contributed by atoms with van der Waals surface area (Å²) in [4.78, 5) is 0. The lowest BCUT2D eigenvalue weighted by Crippen LogP contribution is -2.20. The lowest BCUT2D eigenvalue weighted by molar-refractivity contribution is 0.0308. The van der Waals surface area contributed by atoms with Crippen LogP contribution in [0.5, 0.6) is 0 Å². The molecule has 0 amide bonds. The Bertz CT molecular complexity index is 348. The highest BCUT2D eigenvalue weighted by Gasteiger charge is 2.33. The first-order valence-corrected chi connectivity index (χ1v) is 11.6. The molecular weight excluding hydrogens is 339 g/mol. The molecule has 0 rings (SSSR count). The average molecular weight is 373 g/mol. The molecule has 0 heterocycles. The van der Waals surface area contributed by atoms with E-state index in [1.165, 1.54) is 0 Å². The average Bonchev–Trinajstić information content (AvgIpc) is 2.21. The van der Waals surface area contributed by atoms with E-state index in [9.17, 15) is 4.57 Å². The SMILES string of the molecule is CC(C)OP(=O)(OCCCCSSC(C)(C)C)OC(C)(C)C. The maximum absolute atomic E-state index is 12.6. The van der Waals surface area contributed by atoms with Crippen LogP contribution in [0.15, 0.2) is 0 Å². The highest BCUT2D eigenvalue weighted by molar-refractivity contribution is 8.77. The lowest BCUT2D eigenvalue weighted by Gasteiger charge is -2.27. The molecule has 0 fully saturated rings. The molecule has 134 valence electrons. The van der Waals surface area contributed by atoms with Gasteiger partial charge in [-0.2, -0.15) is 0 Å². The van der Waals surface area contributed by atoms with Crippen LogP contribution in [0.25, 0.3) is 0 Å². The summed E-state index contributed by atoms with van der Waals surface area (Å²) in [6, 6.07) is 0. The van der Waals surface area contributed by atoms with Crippen molar-refractivity contribution in [3.05, 3.63) is 0 Å². The van der Waals surface area contributed by atoms with Crippen molar-refractivity contribution in [2.75, 3.05) is 12.4 Å². The van der Waals surface area contributed by atoms with Crippen LogP contribution >= 0.6 is 29.4 Å². The maximum atomic E-state index is 12.6. The predicted molar refractivity (Wildman–Crippen MR) is 99.7 cm³/mol. The molecule has 0 bridgehead atoms. The molecule has 0 saturated carbocycles. The molecule has 0 radical (unpaired) electrons. The van der Waals surface area contributed by atoms with E-state index in [2.05, 4.69) is 20.8 Å². The summed E-state index contributed by atoms with van der Waals surface area (Å²) in [7, 11) is 0.262. The van der Waals surface area contributed by atoms with Crippen LogP contribution in [-0.4, -0.2) is 28.8 Å². The normalized spacial score (nSPS) is 16.0. The van der Waals surface area contributed by atoms with Crippen LogP contribution in [0.2, 0.25) is 0 Å². The van der Waals surface area contributed by atoms with Crippen molar-refractivity contribution in [2.24, 2.45) is 0 Å². The molecule has 0 aliphatic carbocycles. The Morgan fingerprint density at radius 3 is 2.09 bits per heavy atom. The third kappa shape index (κ3) is 14.4. The van der Waals surface area contributed by atoms with E-state index in [4.69, 9.17) is 13.6 Å². The van der Waals surface area contributed by atoms with E-state index >= 15 is 0 Å². The van der Waals surface area contributed by atoms with Gasteiger partial charge in [-0.15, -0.1) is 0 Å². The summed E-state index contributed by atoms with van der Waals surface area (Å²) in [5.74, 6) is 1.06. The largest absolute Gasteiger partial charge is 0.475 e. The lowest BCUT2D eigenvalue weighted by atomic mass is 10.2. The fourth-order valence-corrected chi connectivity index (χ4v) is 5.45. The molecule has 0 aromatic rings. The predicted octanol–water partition coefficient (Wildman–Crippen LogP) is 6.31. The zero-order chi connectivity index (χ0) is 17.4. The van der Waals surface area contributed by atoms with Gasteiger partial charge in [-0.25, -0.2) is 4.57 Å². The van der Waals surface area contributed by atoms with Crippen LogP contribution in [0, 0.1) is 0 Å². The molecule has 4 nitrogen and oxygen atoms in total. The zero-order valence-electron chi connectivity index (χ0n) is 15.3. The molecule has 0 aliphatic heterocycles. The van der Waals surface area contributed by atoms with Gasteiger partial charge in [0.05, 0.1) is 18.3 Å². The van der Waals surface area contributed by atoms with Crippen molar-refractivity contribution >= 4 is 29.4 Å². The summed E-state index contributed by atoms with van der Waals surface area (Å²) in [6.45, 7) is 16.2. The minimum Gasteiger partial charge on any atom is -0.287 e. The fraction of sp³-hybridized carbons (Fsp3) is 1.00. The Kier molecular flexibility index (Phi) is 10.3. The first-order valence-electron chi connectivity index (χ1n) is 7.77. The van der Waals surface area contributed by atoms with E-state index in [0.717, 1.165) is 18.6 Å². The summed E-state index contributed by atoms with van der Waals surface area (Å²) in [5.41, 5.74) is -0.566. The first-order chi connectivity index (χ1) is 9.83. The van der Waals surface area contributed by atoms with Crippen LogP contribution in [0.4, 0.5) is 0 Å². The summed E-state index contributed by atoms with van der Waals surface area (Å²) in [6.07, 6.45) is 1.66. The van der Waals surface area contributed by atoms with Crippen molar-refractivity contribution in [3.63, 3.8) is 0 Å². The fourth-order valence-electron chi connectivity index (χ4n) is 1.33. The van der Waals surface area contributed by atoms with Gasteiger partial charge in [0.15, 0.2) is 0 Å². The van der Waals surface area contributed by atoms with Gasteiger partial charge >= 0.3 is 7.82 Å². The molecule has 0 aliphatic rings. The molecule has 0 spiro atoms. The Labute approximate surface area is 144 Å². The standard InChI is InChI=1S/C15H33O4PS2/c1-13(2)18-20(16,19-14(3,4)5)17-11-9-10-12-21-22-15(6,7)8/h13H,9-12H2,1-8H3. The summed E-state index contributed by atoms with van der Waals surface area (Å²) in [5, 5.41) is 0. The van der Waals surface area contributed by atoms with Gasteiger partial charge in [0, 0.05) is 10.5 Å². The highest BCUT2D eigenvalue weighted by Crippen LogP contribution is 2.53. The van der Waals surface area contributed by atoms with E-state index < -0.39 is 13.4 Å². The smallest absolute Gasteiger partial charge is 0.287 e. The number of phosphoric ester groups is 1. The van der Waals surface area contributed by atoms with E-state index in [1.54, 1.807) is 0 Å². The number of hydrogen-bond acceptors (Lipinski definition) is 6. The molecule has 0 aromatic heterocycles. The molecule has 7 heteroatoms. The van der Waals surface area contributed by atoms with Gasteiger partial charge in [-0.1, -0.05) is 42.4 Å². The third-order valence-electron chi connectivity index (χ3n) is 1.91. The number of phosphoric acid groups is 1. The molecular formula is C15H33O4PS2. The molecule has 0 aromatic carbocycles. The van der Waals surface area contributed by atoms with Crippen molar-refractivity contribution in [2.45, 2.75) is 84.7 Å². The van der Waals surface area contributed by atoms with Gasteiger partial charge in [-0.05, 0) is 47.5 Å². The minimum absolute atomic E-state index is 0.202. The number of rotatable bonds is 10. The van der Waals surface area contributed by atoms with Crippen molar-refractivity contribution in [1.82, 2.24) is 0 Å². The second-order valence-electron chi connectivity index (χ2n) is 7.36. The van der Waals surface area contributed by atoms with Crippen LogP contribution in [-0.2, 0) is 18.1 Å². The second-order valence-corrected chi connectivity index (χ2v) is 12.2. The molecule has 1 atom stereocenters. The van der Waals surface area contributed by atoms with Crippen LogP contribution < -0.4 is 0 Å². The Balaban J connectivity index is 4.07. The van der Waals surface area contributed by atoms with Crippen molar-refractivity contribution < 1.29 is 18.1 Å². The zero-order valence-corrected chi connectivity index (χ0v) is 17.8. The van der Waals surface area contributed by atoms with Crippen LogP contribution in [0.1, 0.15) is 68.2 Å². The minimum atomic E-state index is -3.49. The van der Waals surface area contributed by atoms with E-state index in [-0.39, 0.29) is 10.9 Å². The van der Waals surface area contributed by atoms with Gasteiger partial charge < -0.3 is 0 Å². The Morgan fingerprint density at radius 1 is 1.05 bits per heavy atom. The van der Waals surface area contributed by atoms with Gasteiger partial charge in [0.2, 0.25) is 0 Å². The molecule has 0 N–H and O–H groups in total. The highest BCUT2D eigenvalue weighted by atomic mass is 33.1. The summed E-state index contributed by atoms with van der Waals surface area (Å²) >= 11 is 0. The van der Waals surface area contributed by atoms with Gasteiger partial charge in [0.1, 0.15) is 0 Å². The first kappa shape index (κ1) is 22.8. The van der Waals surface area contributed by atoms with E-state index in [1.807, 2.05) is 56.2 Å². The third-order valence-corrected chi connectivity index (χ3v) is 7.28. The molecule has 1 unspecified atom stereocenters. The quantitative estimate of drug-likeness (QED) is 0.254. The number of unbranched alkanes of at least 4 members (excludes halogenated alkanes) is 1. The second kappa shape index (κ2) is 9.95. The topological polar surface area (TPSA) is 44.8 Å². The van der Waals surface area contributed by atoms with Crippen LogP contribution in [0.3, 0.4) is 0 Å². The monoisotopic (exact) mass is 372 g/mol. The molecule has 0 saturated heterocycles. The van der Waals surface area contributed by atoms with Gasteiger partial charge in [0.25, 0.3) is 0 Å².